The van der Waals surface area contributed by atoms with Crippen molar-refractivity contribution >= 4 is 5.97 Å². The molecule has 0 aliphatic rings. The quantitative estimate of drug-likeness (QED) is 0.566. The Morgan fingerprint density at radius 1 is 1.80 bits per heavy atom. The largest absolute Gasteiger partial charge is 0.479 e. The third-order valence-corrected chi connectivity index (χ3v) is 1.08. The Morgan fingerprint density at radius 2 is 2.40 bits per heavy atom. The van der Waals surface area contributed by atoms with Gasteiger partial charge >= 0.3 is 5.97 Å². The second-order valence-corrected chi connectivity index (χ2v) is 1.89. The van der Waals surface area contributed by atoms with Gasteiger partial charge in [-0.1, -0.05) is 6.92 Å². The summed E-state index contributed by atoms with van der Waals surface area (Å²) in [6.45, 7) is 2.43. The van der Waals surface area contributed by atoms with Crippen molar-refractivity contribution in [1.29, 1.82) is 0 Å². The van der Waals surface area contributed by atoms with Crippen LogP contribution < -0.4 is 5.73 Å². The van der Waals surface area contributed by atoms with Gasteiger partial charge in [0.05, 0.1) is 6.61 Å². The number of hydrogen-bond acceptors (Lipinski definition) is 3. The van der Waals surface area contributed by atoms with Crippen LogP contribution in [0.3, 0.4) is 0 Å². The summed E-state index contributed by atoms with van der Waals surface area (Å²) in [5.74, 6) is -0.920. The van der Waals surface area contributed by atoms with Gasteiger partial charge in [-0.15, -0.1) is 0 Å². The van der Waals surface area contributed by atoms with Gasteiger partial charge in [-0.3, -0.25) is 0 Å². The normalized spacial score (nSPS) is 13.0. The molecule has 60 valence electrons. The first-order valence-electron chi connectivity index (χ1n) is 3.26. The smallest absolute Gasteiger partial charge is 0.332 e. The number of hydrogen-bond donors (Lipinski definition) is 2. The van der Waals surface area contributed by atoms with Gasteiger partial charge in [-0.2, -0.15) is 0 Å². The van der Waals surface area contributed by atoms with Gasteiger partial charge in [0.2, 0.25) is 0 Å². The van der Waals surface area contributed by atoms with Crippen LogP contribution in [-0.4, -0.2) is 30.3 Å². The highest BCUT2D eigenvalue weighted by Gasteiger charge is 2.13. The van der Waals surface area contributed by atoms with Crippen molar-refractivity contribution in [3.05, 3.63) is 0 Å². The molecule has 4 nitrogen and oxygen atoms in total. The van der Waals surface area contributed by atoms with Gasteiger partial charge < -0.3 is 15.6 Å². The number of carboxylic acid groups (broad SMARTS) is 1. The number of carboxylic acids is 1. The average molecular weight is 147 g/mol. The molecular formula is C6H13NO3. The summed E-state index contributed by atoms with van der Waals surface area (Å²) in [4.78, 5) is 10.3. The molecule has 0 aromatic rings. The molecule has 0 spiro atoms. The third kappa shape index (κ3) is 3.42. The van der Waals surface area contributed by atoms with E-state index in [0.29, 0.717) is 19.6 Å². The Balaban J connectivity index is 3.50. The molecule has 0 bridgehead atoms. The zero-order chi connectivity index (χ0) is 7.98. The minimum absolute atomic E-state index is 0.310. The highest BCUT2D eigenvalue weighted by Crippen LogP contribution is 1.96. The first-order valence-corrected chi connectivity index (χ1v) is 3.26. The van der Waals surface area contributed by atoms with Crippen LogP contribution in [0.4, 0.5) is 0 Å². The van der Waals surface area contributed by atoms with Crippen LogP contribution in [0.1, 0.15) is 13.3 Å². The highest BCUT2D eigenvalue weighted by atomic mass is 16.5. The Labute approximate surface area is 60.0 Å². The zero-order valence-corrected chi connectivity index (χ0v) is 6.04. The molecule has 4 heteroatoms. The maximum absolute atomic E-state index is 10.3. The fourth-order valence-corrected chi connectivity index (χ4v) is 0.574. The van der Waals surface area contributed by atoms with Crippen molar-refractivity contribution in [3.63, 3.8) is 0 Å². The van der Waals surface area contributed by atoms with Gasteiger partial charge in [-0.25, -0.2) is 4.79 Å². The molecule has 10 heavy (non-hydrogen) atoms. The van der Waals surface area contributed by atoms with Crippen LogP contribution in [0, 0.1) is 0 Å². The lowest BCUT2D eigenvalue weighted by Crippen LogP contribution is -2.25. The van der Waals surface area contributed by atoms with E-state index in [2.05, 4.69) is 0 Å². The number of carbonyl (C=O) groups is 1. The van der Waals surface area contributed by atoms with E-state index in [-0.39, 0.29) is 0 Å². The summed E-state index contributed by atoms with van der Waals surface area (Å²) < 4.78 is 4.88. The maximum Gasteiger partial charge on any atom is 0.332 e. The summed E-state index contributed by atoms with van der Waals surface area (Å²) in [5, 5.41) is 8.43. The van der Waals surface area contributed by atoms with Crippen molar-refractivity contribution in [2.45, 2.75) is 19.4 Å². The van der Waals surface area contributed by atoms with E-state index in [1.165, 1.54) is 0 Å². The first kappa shape index (κ1) is 9.39. The van der Waals surface area contributed by atoms with Crippen LogP contribution in [0.15, 0.2) is 0 Å². The van der Waals surface area contributed by atoms with Crippen molar-refractivity contribution in [2.75, 3.05) is 13.2 Å². The summed E-state index contributed by atoms with van der Waals surface area (Å²) in [6, 6.07) is 0. The average Bonchev–Trinajstić information content (AvgIpc) is 1.89. The van der Waals surface area contributed by atoms with E-state index in [4.69, 9.17) is 15.6 Å². The Hall–Kier alpha value is -0.610. The fraction of sp³-hybridized carbons (Fsp3) is 0.833. The molecule has 0 aromatic heterocycles. The van der Waals surface area contributed by atoms with Crippen molar-refractivity contribution < 1.29 is 14.6 Å². The molecule has 0 amide bonds. The minimum Gasteiger partial charge on any atom is -0.479 e. The first-order chi connectivity index (χ1) is 4.72. The molecule has 0 fully saturated rings. The number of rotatable bonds is 5. The Morgan fingerprint density at radius 3 is 2.70 bits per heavy atom. The van der Waals surface area contributed by atoms with Gasteiger partial charge in [0, 0.05) is 6.54 Å². The molecular weight excluding hydrogens is 134 g/mol. The molecule has 0 saturated carbocycles. The van der Waals surface area contributed by atoms with Gasteiger partial charge in [0.1, 0.15) is 0 Å². The predicted molar refractivity (Wildman–Crippen MR) is 36.7 cm³/mol. The van der Waals surface area contributed by atoms with E-state index in [1.807, 2.05) is 0 Å². The lowest BCUT2D eigenvalue weighted by Gasteiger charge is -2.09. The van der Waals surface area contributed by atoms with Gasteiger partial charge in [0.25, 0.3) is 0 Å². The second kappa shape index (κ2) is 5.20. The molecule has 0 rings (SSSR count). The summed E-state index contributed by atoms with van der Waals surface area (Å²) in [7, 11) is 0. The van der Waals surface area contributed by atoms with E-state index < -0.39 is 12.1 Å². The van der Waals surface area contributed by atoms with Crippen LogP contribution in [0.25, 0.3) is 0 Å². The highest BCUT2D eigenvalue weighted by molar-refractivity contribution is 5.72. The topological polar surface area (TPSA) is 72.5 Å². The molecule has 1 unspecified atom stereocenters. The molecule has 0 aliphatic carbocycles. The predicted octanol–water partition coefficient (Wildman–Crippen LogP) is -0.175. The summed E-state index contributed by atoms with van der Waals surface area (Å²) in [6.07, 6.45) is -0.210. The van der Waals surface area contributed by atoms with Crippen LogP contribution in [0.5, 0.6) is 0 Å². The second-order valence-electron chi connectivity index (χ2n) is 1.89. The fourth-order valence-electron chi connectivity index (χ4n) is 0.574. The van der Waals surface area contributed by atoms with E-state index >= 15 is 0 Å². The number of ether oxygens (including phenoxy) is 1. The van der Waals surface area contributed by atoms with E-state index in [9.17, 15) is 4.79 Å². The van der Waals surface area contributed by atoms with E-state index in [0.717, 1.165) is 0 Å². The summed E-state index contributed by atoms with van der Waals surface area (Å²) in [5.41, 5.74) is 5.11. The standard InChI is InChI=1S/C6H13NO3/c1-2-5(6(8)9)10-4-3-7/h5H,2-4,7H2,1H3,(H,8,9). The number of nitrogens with two attached hydrogens (primary N) is 1. The summed E-state index contributed by atoms with van der Waals surface area (Å²) >= 11 is 0. The third-order valence-electron chi connectivity index (χ3n) is 1.08. The van der Waals surface area contributed by atoms with Crippen molar-refractivity contribution in [3.8, 4) is 0 Å². The number of aliphatic carboxylic acids is 1. The van der Waals surface area contributed by atoms with Gasteiger partial charge in [0.15, 0.2) is 6.10 Å². The van der Waals surface area contributed by atoms with Gasteiger partial charge in [-0.05, 0) is 6.42 Å². The Bertz CT molecular complexity index is 105. The minimum atomic E-state index is -0.920. The maximum atomic E-state index is 10.3. The zero-order valence-electron chi connectivity index (χ0n) is 6.04. The molecule has 0 aliphatic heterocycles. The van der Waals surface area contributed by atoms with Crippen LogP contribution >= 0.6 is 0 Å². The molecule has 0 saturated heterocycles. The van der Waals surface area contributed by atoms with E-state index in [1.54, 1.807) is 6.92 Å². The SMILES string of the molecule is CCC(OCCN)C(=O)O. The molecule has 0 aromatic carbocycles. The lowest BCUT2D eigenvalue weighted by atomic mass is 10.3. The Kier molecular flexibility index (Phi) is 4.88. The molecule has 1 atom stereocenters. The molecule has 0 radical (unpaired) electrons. The molecule has 0 heterocycles. The van der Waals surface area contributed by atoms with Crippen LogP contribution in [0.2, 0.25) is 0 Å². The van der Waals surface area contributed by atoms with Crippen LogP contribution in [-0.2, 0) is 9.53 Å². The monoisotopic (exact) mass is 147 g/mol. The molecule has 3 N–H and O–H groups in total. The lowest BCUT2D eigenvalue weighted by molar-refractivity contribution is -0.150. The van der Waals surface area contributed by atoms with Crippen molar-refractivity contribution in [2.24, 2.45) is 5.73 Å². The van der Waals surface area contributed by atoms with Crippen molar-refractivity contribution in [1.82, 2.24) is 0 Å².